The Morgan fingerprint density at radius 1 is 0.611 bits per heavy atom. The van der Waals surface area contributed by atoms with Gasteiger partial charge in [0.15, 0.2) is 5.75 Å². The van der Waals surface area contributed by atoms with Gasteiger partial charge < -0.3 is 15.9 Å². The minimum Gasteiger partial charge on any atom is -0.506 e. The van der Waals surface area contributed by atoms with Crippen LogP contribution in [0.1, 0.15) is 0 Å². The van der Waals surface area contributed by atoms with Gasteiger partial charge in [-0.05, 0) is 54.6 Å². The standard InChI is InChI=1S/C12H9NO5S.C12H11NO3S/c14-12-7-6-10(8-11(12)13(15)16)19(17,18)9-4-2-1-3-5-9;13-11-8-10(6-7-12(11)14)17(15,16)9-4-2-1-3-5-9/h1-8,14H;1-8,14H,13H2. The summed E-state index contributed by atoms with van der Waals surface area (Å²) in [6, 6.07) is 22.4. The summed E-state index contributed by atoms with van der Waals surface area (Å²) < 4.78 is 48.8. The average Bonchev–Trinajstić information content (AvgIpc) is 2.87. The van der Waals surface area contributed by atoms with Crippen LogP contribution < -0.4 is 5.73 Å². The van der Waals surface area contributed by atoms with Crippen molar-refractivity contribution in [3.05, 3.63) is 107 Å². The first-order chi connectivity index (χ1) is 16.9. The Kier molecular flexibility index (Phi) is 7.61. The smallest absolute Gasteiger partial charge is 0.312 e. The minimum absolute atomic E-state index is 0.0370. The fourth-order valence-electron chi connectivity index (χ4n) is 2.99. The summed E-state index contributed by atoms with van der Waals surface area (Å²) in [4.78, 5) is 9.93. The van der Waals surface area contributed by atoms with E-state index < -0.39 is 36.0 Å². The van der Waals surface area contributed by atoms with Crippen molar-refractivity contribution in [3.63, 3.8) is 0 Å². The molecule has 0 fully saturated rings. The summed E-state index contributed by atoms with van der Waals surface area (Å²) in [5.41, 5.74) is 4.88. The average molecular weight is 529 g/mol. The molecular weight excluding hydrogens is 508 g/mol. The third-order valence-corrected chi connectivity index (χ3v) is 8.40. The van der Waals surface area contributed by atoms with Crippen LogP contribution in [0.2, 0.25) is 0 Å². The molecule has 12 heteroatoms. The zero-order chi connectivity index (χ0) is 26.5. The number of aromatic hydroxyl groups is 2. The molecule has 0 amide bonds. The number of phenolic OH excluding ortho intramolecular Hbond substituents is 2. The number of nitrogens with zero attached hydrogens (tertiary/aromatic N) is 1. The van der Waals surface area contributed by atoms with Crippen molar-refractivity contribution in [3.8, 4) is 11.5 Å². The van der Waals surface area contributed by atoms with Gasteiger partial charge in [0.1, 0.15) is 5.75 Å². The van der Waals surface area contributed by atoms with E-state index in [-0.39, 0.29) is 31.0 Å². The monoisotopic (exact) mass is 528 g/mol. The van der Waals surface area contributed by atoms with Crippen molar-refractivity contribution in [1.29, 1.82) is 0 Å². The maximum atomic E-state index is 12.2. The first-order valence-electron chi connectivity index (χ1n) is 10.1. The fraction of sp³-hybridized carbons (Fsp3) is 0. The highest BCUT2D eigenvalue weighted by molar-refractivity contribution is 7.91. The maximum absolute atomic E-state index is 12.2. The molecule has 186 valence electrons. The minimum atomic E-state index is -3.83. The number of nitrogen functional groups attached to an aromatic ring is 1. The summed E-state index contributed by atoms with van der Waals surface area (Å²) in [6.45, 7) is 0. The van der Waals surface area contributed by atoms with Gasteiger partial charge >= 0.3 is 5.69 Å². The summed E-state index contributed by atoms with van der Waals surface area (Å²) in [5, 5.41) is 29.3. The predicted molar refractivity (Wildman–Crippen MR) is 131 cm³/mol. The first kappa shape index (κ1) is 26.2. The molecule has 4 rings (SSSR count). The van der Waals surface area contributed by atoms with Crippen molar-refractivity contribution in [1.82, 2.24) is 0 Å². The van der Waals surface area contributed by atoms with E-state index in [0.717, 1.165) is 18.2 Å². The Morgan fingerprint density at radius 2 is 1.03 bits per heavy atom. The van der Waals surface area contributed by atoms with Crippen LogP contribution in [-0.2, 0) is 19.7 Å². The van der Waals surface area contributed by atoms with Crippen molar-refractivity contribution in [2.75, 3.05) is 5.73 Å². The number of nitro benzene ring substituents is 1. The molecule has 4 aromatic carbocycles. The van der Waals surface area contributed by atoms with Crippen LogP contribution in [0.25, 0.3) is 0 Å². The van der Waals surface area contributed by atoms with E-state index in [4.69, 9.17) is 5.73 Å². The second-order valence-corrected chi connectivity index (χ2v) is 11.2. The molecule has 0 aliphatic rings. The third kappa shape index (κ3) is 5.62. The molecule has 0 spiro atoms. The summed E-state index contributed by atoms with van der Waals surface area (Å²) in [6.07, 6.45) is 0. The number of phenols is 2. The van der Waals surface area contributed by atoms with E-state index in [2.05, 4.69) is 0 Å². The number of anilines is 1. The van der Waals surface area contributed by atoms with Gasteiger partial charge in [-0.3, -0.25) is 10.1 Å². The summed E-state index contributed by atoms with van der Waals surface area (Å²) >= 11 is 0. The lowest BCUT2D eigenvalue weighted by Gasteiger charge is -2.06. The SMILES string of the molecule is Nc1cc(S(=O)(=O)c2ccccc2)ccc1O.O=[N+]([O-])c1cc(S(=O)(=O)c2ccccc2)ccc1O. The zero-order valence-electron chi connectivity index (χ0n) is 18.4. The van der Waals surface area contributed by atoms with Gasteiger partial charge in [0.25, 0.3) is 0 Å². The number of hydrogen-bond acceptors (Lipinski definition) is 9. The van der Waals surface area contributed by atoms with E-state index in [0.29, 0.717) is 0 Å². The second-order valence-electron chi connectivity index (χ2n) is 7.26. The number of sulfone groups is 2. The molecule has 36 heavy (non-hydrogen) atoms. The second kappa shape index (κ2) is 10.5. The Hall–Kier alpha value is -4.42. The van der Waals surface area contributed by atoms with Gasteiger partial charge in [-0.2, -0.15) is 0 Å². The predicted octanol–water partition coefficient (Wildman–Crippen LogP) is 3.94. The highest BCUT2D eigenvalue weighted by atomic mass is 32.2. The maximum Gasteiger partial charge on any atom is 0.312 e. The van der Waals surface area contributed by atoms with Crippen LogP contribution in [0.5, 0.6) is 11.5 Å². The lowest BCUT2D eigenvalue weighted by atomic mass is 10.3. The van der Waals surface area contributed by atoms with Gasteiger partial charge in [0.2, 0.25) is 19.7 Å². The molecule has 4 aromatic rings. The van der Waals surface area contributed by atoms with Gasteiger partial charge in [-0.25, -0.2) is 16.8 Å². The molecule has 0 aromatic heterocycles. The normalized spacial score (nSPS) is 11.2. The van der Waals surface area contributed by atoms with Gasteiger partial charge in [-0.15, -0.1) is 0 Å². The van der Waals surface area contributed by atoms with Crippen molar-refractivity contribution in [2.45, 2.75) is 19.6 Å². The zero-order valence-corrected chi connectivity index (χ0v) is 20.1. The summed E-state index contributed by atoms with van der Waals surface area (Å²) in [7, 11) is -7.40. The van der Waals surface area contributed by atoms with Crippen molar-refractivity contribution < 1.29 is 32.0 Å². The largest absolute Gasteiger partial charge is 0.506 e. The van der Waals surface area contributed by atoms with Crippen molar-refractivity contribution >= 4 is 31.0 Å². The number of nitro groups is 1. The molecule has 0 radical (unpaired) electrons. The van der Waals surface area contributed by atoms with E-state index >= 15 is 0 Å². The van der Waals surface area contributed by atoms with Crippen molar-refractivity contribution in [2.24, 2.45) is 0 Å². The Labute approximate surface area is 206 Å². The Bertz CT molecular complexity index is 1610. The molecule has 0 bridgehead atoms. The quantitative estimate of drug-likeness (QED) is 0.150. The molecule has 0 saturated heterocycles. The van der Waals surface area contributed by atoms with Gasteiger partial charge in [-0.1, -0.05) is 36.4 Å². The van der Waals surface area contributed by atoms with Crippen LogP contribution in [0.15, 0.2) is 117 Å². The molecule has 0 heterocycles. The molecule has 0 aliphatic heterocycles. The van der Waals surface area contributed by atoms with Crippen LogP contribution in [0.3, 0.4) is 0 Å². The fourth-order valence-corrected chi connectivity index (χ4v) is 5.61. The lowest BCUT2D eigenvalue weighted by molar-refractivity contribution is -0.386. The Balaban J connectivity index is 0.000000202. The van der Waals surface area contributed by atoms with E-state index in [1.165, 1.54) is 42.5 Å². The highest BCUT2D eigenvalue weighted by Crippen LogP contribution is 2.31. The number of hydrogen-bond donors (Lipinski definition) is 3. The Morgan fingerprint density at radius 3 is 1.44 bits per heavy atom. The molecule has 0 atom stereocenters. The third-order valence-electron chi connectivity index (χ3n) is 4.87. The molecular formula is C24H20N2O8S2. The van der Waals surface area contributed by atoms with E-state index in [1.54, 1.807) is 36.4 Å². The molecule has 4 N–H and O–H groups in total. The van der Waals surface area contributed by atoms with Crippen LogP contribution in [-0.4, -0.2) is 32.0 Å². The van der Waals surface area contributed by atoms with Gasteiger partial charge in [0, 0.05) is 6.07 Å². The molecule has 10 nitrogen and oxygen atoms in total. The van der Waals surface area contributed by atoms with Gasteiger partial charge in [0.05, 0.1) is 30.2 Å². The molecule has 0 unspecified atom stereocenters. The van der Waals surface area contributed by atoms with Crippen LogP contribution >= 0.6 is 0 Å². The molecule has 0 saturated carbocycles. The van der Waals surface area contributed by atoms with Crippen LogP contribution in [0, 0.1) is 10.1 Å². The van der Waals surface area contributed by atoms with E-state index in [9.17, 15) is 37.2 Å². The topological polar surface area (TPSA) is 178 Å². The first-order valence-corrected chi connectivity index (χ1v) is 13.1. The number of nitrogens with two attached hydrogens (primary N) is 1. The summed E-state index contributed by atoms with van der Waals surface area (Å²) in [5.74, 6) is -0.700. The lowest BCUT2D eigenvalue weighted by Crippen LogP contribution is -2.02. The van der Waals surface area contributed by atoms with Crippen LogP contribution in [0.4, 0.5) is 11.4 Å². The number of rotatable bonds is 5. The highest BCUT2D eigenvalue weighted by Gasteiger charge is 2.22. The molecule has 0 aliphatic carbocycles. The number of benzene rings is 4. The van der Waals surface area contributed by atoms with E-state index in [1.807, 2.05) is 0 Å².